The standard InChI is InChI=1S/C13H13N3O2/c14-16-15-10-4-3-7-11-5-1-2-6-12(11)8-9-13(17)18/h1-2,5-6H,4,8-10H2,(H,17,18). The molecule has 1 rings (SSSR count). The molecule has 0 amide bonds. The van der Waals surface area contributed by atoms with Crippen LogP contribution in [0.2, 0.25) is 0 Å². The summed E-state index contributed by atoms with van der Waals surface area (Å²) in [5, 5.41) is 12.0. The lowest BCUT2D eigenvalue weighted by molar-refractivity contribution is -0.136. The number of nitrogens with zero attached hydrogens (tertiary/aromatic N) is 3. The quantitative estimate of drug-likeness (QED) is 0.283. The van der Waals surface area contributed by atoms with E-state index in [0.717, 1.165) is 11.1 Å². The predicted octanol–water partition coefficient (Wildman–Crippen LogP) is 2.76. The zero-order valence-electron chi connectivity index (χ0n) is 9.83. The van der Waals surface area contributed by atoms with E-state index in [1.54, 1.807) is 0 Å². The van der Waals surface area contributed by atoms with E-state index in [0.29, 0.717) is 19.4 Å². The molecule has 0 fully saturated rings. The lowest BCUT2D eigenvalue weighted by Crippen LogP contribution is -1.99. The Bertz CT molecular complexity index is 523. The maximum Gasteiger partial charge on any atom is 0.303 e. The topological polar surface area (TPSA) is 86.1 Å². The van der Waals surface area contributed by atoms with Crippen molar-refractivity contribution in [2.24, 2.45) is 5.11 Å². The van der Waals surface area contributed by atoms with Crippen molar-refractivity contribution in [2.75, 3.05) is 6.54 Å². The molecule has 0 saturated carbocycles. The molecule has 0 bridgehead atoms. The van der Waals surface area contributed by atoms with E-state index in [2.05, 4.69) is 21.9 Å². The van der Waals surface area contributed by atoms with Crippen LogP contribution in [0.5, 0.6) is 0 Å². The number of benzene rings is 1. The number of carboxylic acids is 1. The molecule has 0 aromatic heterocycles. The largest absolute Gasteiger partial charge is 0.481 e. The van der Waals surface area contributed by atoms with Gasteiger partial charge in [-0.05, 0) is 23.6 Å². The summed E-state index contributed by atoms with van der Waals surface area (Å²) in [6, 6.07) is 7.46. The fourth-order valence-electron chi connectivity index (χ4n) is 1.41. The number of hydrogen-bond donors (Lipinski definition) is 1. The van der Waals surface area contributed by atoms with Crippen LogP contribution in [0.15, 0.2) is 29.4 Å². The number of aliphatic carboxylic acids is 1. The van der Waals surface area contributed by atoms with E-state index < -0.39 is 5.97 Å². The fourth-order valence-corrected chi connectivity index (χ4v) is 1.41. The summed E-state index contributed by atoms with van der Waals surface area (Å²) in [6.07, 6.45) is 1.06. The average Bonchev–Trinajstić information content (AvgIpc) is 2.37. The summed E-state index contributed by atoms with van der Waals surface area (Å²) in [4.78, 5) is 13.2. The minimum atomic E-state index is -0.818. The first-order valence-corrected chi connectivity index (χ1v) is 5.53. The van der Waals surface area contributed by atoms with Gasteiger partial charge in [-0.3, -0.25) is 4.79 Å². The molecule has 0 saturated heterocycles. The molecule has 5 heteroatoms. The van der Waals surface area contributed by atoms with Crippen LogP contribution in [-0.2, 0) is 11.2 Å². The first-order valence-electron chi connectivity index (χ1n) is 5.53. The van der Waals surface area contributed by atoms with E-state index in [9.17, 15) is 4.79 Å². The highest BCUT2D eigenvalue weighted by atomic mass is 16.4. The van der Waals surface area contributed by atoms with Gasteiger partial charge >= 0.3 is 5.97 Å². The molecule has 0 aliphatic carbocycles. The third-order valence-electron chi connectivity index (χ3n) is 2.25. The zero-order valence-corrected chi connectivity index (χ0v) is 9.83. The predicted molar refractivity (Wildman–Crippen MR) is 67.9 cm³/mol. The molecule has 1 aromatic carbocycles. The Morgan fingerprint density at radius 2 is 2.22 bits per heavy atom. The molecule has 0 heterocycles. The fraction of sp³-hybridized carbons (Fsp3) is 0.308. The van der Waals surface area contributed by atoms with Gasteiger partial charge in [-0.1, -0.05) is 35.2 Å². The smallest absolute Gasteiger partial charge is 0.303 e. The van der Waals surface area contributed by atoms with E-state index in [1.807, 2.05) is 24.3 Å². The molecule has 1 N–H and O–H groups in total. The molecule has 18 heavy (non-hydrogen) atoms. The third kappa shape index (κ3) is 5.06. The Morgan fingerprint density at radius 3 is 2.94 bits per heavy atom. The van der Waals surface area contributed by atoms with Crippen molar-refractivity contribution in [1.29, 1.82) is 0 Å². The highest BCUT2D eigenvalue weighted by Gasteiger charge is 2.02. The van der Waals surface area contributed by atoms with Crippen molar-refractivity contribution < 1.29 is 9.90 Å². The molecule has 0 atom stereocenters. The molecule has 1 aromatic rings. The first kappa shape index (κ1) is 13.6. The summed E-state index contributed by atoms with van der Waals surface area (Å²) < 4.78 is 0. The van der Waals surface area contributed by atoms with Crippen molar-refractivity contribution in [2.45, 2.75) is 19.3 Å². The Balaban J connectivity index is 2.69. The van der Waals surface area contributed by atoms with Crippen molar-refractivity contribution in [1.82, 2.24) is 0 Å². The van der Waals surface area contributed by atoms with Gasteiger partial charge in [0.25, 0.3) is 0 Å². The summed E-state index contributed by atoms with van der Waals surface area (Å²) >= 11 is 0. The van der Waals surface area contributed by atoms with Crippen LogP contribution >= 0.6 is 0 Å². The summed E-state index contributed by atoms with van der Waals surface area (Å²) in [6.45, 7) is 0.348. The number of carbonyl (C=O) groups is 1. The summed E-state index contributed by atoms with van der Waals surface area (Å²) in [5.41, 5.74) is 9.86. The number of hydrogen-bond acceptors (Lipinski definition) is 2. The van der Waals surface area contributed by atoms with E-state index in [1.165, 1.54) is 0 Å². The second-order valence-electron chi connectivity index (χ2n) is 3.56. The lowest BCUT2D eigenvalue weighted by Gasteiger charge is -2.01. The molecular formula is C13H13N3O2. The van der Waals surface area contributed by atoms with E-state index in [4.69, 9.17) is 10.6 Å². The van der Waals surface area contributed by atoms with E-state index >= 15 is 0 Å². The highest BCUT2D eigenvalue weighted by Crippen LogP contribution is 2.09. The minimum absolute atomic E-state index is 0.0947. The maximum atomic E-state index is 10.5. The van der Waals surface area contributed by atoms with Crippen molar-refractivity contribution in [3.63, 3.8) is 0 Å². The van der Waals surface area contributed by atoms with Crippen molar-refractivity contribution in [3.05, 3.63) is 45.8 Å². The molecule has 0 aliphatic heterocycles. The molecule has 0 radical (unpaired) electrons. The zero-order chi connectivity index (χ0) is 13.2. The minimum Gasteiger partial charge on any atom is -0.481 e. The van der Waals surface area contributed by atoms with Gasteiger partial charge in [-0.25, -0.2) is 0 Å². The van der Waals surface area contributed by atoms with Crippen LogP contribution in [0.3, 0.4) is 0 Å². The number of azide groups is 1. The Hall–Kier alpha value is -2.44. The van der Waals surface area contributed by atoms with Crippen LogP contribution < -0.4 is 0 Å². The Morgan fingerprint density at radius 1 is 1.44 bits per heavy atom. The molecule has 92 valence electrons. The van der Waals surface area contributed by atoms with Gasteiger partial charge in [0, 0.05) is 29.9 Å². The van der Waals surface area contributed by atoms with Gasteiger partial charge in [-0.15, -0.1) is 0 Å². The molecule has 0 spiro atoms. The van der Waals surface area contributed by atoms with Crippen LogP contribution in [0.4, 0.5) is 0 Å². The average molecular weight is 243 g/mol. The van der Waals surface area contributed by atoms with Gasteiger partial charge in [0.1, 0.15) is 0 Å². The monoisotopic (exact) mass is 243 g/mol. The molecular weight excluding hydrogens is 230 g/mol. The lowest BCUT2D eigenvalue weighted by atomic mass is 10.0. The van der Waals surface area contributed by atoms with Crippen LogP contribution in [0.25, 0.3) is 10.4 Å². The van der Waals surface area contributed by atoms with Crippen molar-refractivity contribution in [3.8, 4) is 11.8 Å². The third-order valence-corrected chi connectivity index (χ3v) is 2.25. The second kappa shape index (κ2) is 7.77. The van der Waals surface area contributed by atoms with E-state index in [-0.39, 0.29) is 6.42 Å². The second-order valence-corrected chi connectivity index (χ2v) is 3.56. The summed E-state index contributed by atoms with van der Waals surface area (Å²) in [5.74, 6) is 5.05. The molecule has 0 unspecified atom stereocenters. The SMILES string of the molecule is [N-]=[N+]=NCCC#Cc1ccccc1CCC(=O)O. The summed E-state index contributed by atoms with van der Waals surface area (Å²) in [7, 11) is 0. The first-order chi connectivity index (χ1) is 8.74. The van der Waals surface area contributed by atoms with Crippen LogP contribution in [0, 0.1) is 11.8 Å². The Labute approximate surface area is 105 Å². The van der Waals surface area contributed by atoms with Gasteiger partial charge in [0.2, 0.25) is 0 Å². The van der Waals surface area contributed by atoms with Crippen LogP contribution in [-0.4, -0.2) is 17.6 Å². The van der Waals surface area contributed by atoms with Crippen LogP contribution in [0.1, 0.15) is 24.0 Å². The number of rotatable bonds is 5. The number of carboxylic acid groups (broad SMARTS) is 1. The molecule has 5 nitrogen and oxygen atoms in total. The highest BCUT2D eigenvalue weighted by molar-refractivity contribution is 5.67. The maximum absolute atomic E-state index is 10.5. The molecule has 0 aliphatic rings. The van der Waals surface area contributed by atoms with Gasteiger partial charge < -0.3 is 5.11 Å². The van der Waals surface area contributed by atoms with Gasteiger partial charge in [0.05, 0.1) is 0 Å². The van der Waals surface area contributed by atoms with Gasteiger partial charge in [-0.2, -0.15) is 0 Å². The van der Waals surface area contributed by atoms with Gasteiger partial charge in [0.15, 0.2) is 0 Å². The Kier molecular flexibility index (Phi) is 5.88. The normalized spacial score (nSPS) is 8.89. The van der Waals surface area contributed by atoms with Crippen molar-refractivity contribution >= 4 is 5.97 Å². The number of aryl methyl sites for hydroxylation is 1.